The maximum absolute atomic E-state index is 11.6. The van der Waals surface area contributed by atoms with Crippen LogP contribution in [0.2, 0.25) is 0 Å². The van der Waals surface area contributed by atoms with Gasteiger partial charge < -0.3 is 9.80 Å². The van der Waals surface area contributed by atoms with Crippen LogP contribution in [0.5, 0.6) is 0 Å². The summed E-state index contributed by atoms with van der Waals surface area (Å²) in [6, 6.07) is 0. The Morgan fingerprint density at radius 3 is 1.29 bits per heavy atom. The second-order valence-corrected chi connectivity index (χ2v) is 5.50. The van der Waals surface area contributed by atoms with Gasteiger partial charge in [0.15, 0.2) is 0 Å². The maximum atomic E-state index is 11.6. The molecule has 0 radical (unpaired) electrons. The Morgan fingerprint density at radius 2 is 1.06 bits per heavy atom. The number of nitrogens with zero attached hydrogens (tertiary/aromatic N) is 2. The van der Waals surface area contributed by atoms with E-state index in [1.54, 1.807) is 9.80 Å². The summed E-state index contributed by atoms with van der Waals surface area (Å²) in [5.74, 6) is 0. The lowest BCUT2D eigenvalue weighted by molar-refractivity contribution is 0.228. The molecule has 0 rings (SSSR count). The predicted octanol–water partition coefficient (Wildman–Crippen LogP) is 3.33. The molecule has 0 heterocycles. The minimum Gasteiger partial charge on any atom is -0.334 e. The Kier molecular flexibility index (Phi) is 9.44. The lowest BCUT2D eigenvalue weighted by Gasteiger charge is -2.19. The topological polar surface area (TPSA) is 40.6 Å². The van der Waals surface area contributed by atoms with Crippen LogP contribution in [0.25, 0.3) is 0 Å². The first-order valence-electron chi connectivity index (χ1n) is 5.93. The van der Waals surface area contributed by atoms with E-state index in [0.29, 0.717) is 5.08 Å². The van der Waals surface area contributed by atoms with Gasteiger partial charge in [0.25, 0.3) is 10.5 Å². The van der Waals surface area contributed by atoms with Crippen molar-refractivity contribution >= 4 is 34.0 Å². The van der Waals surface area contributed by atoms with Crippen LogP contribution in [0.3, 0.4) is 0 Å². The molecule has 0 N–H and O–H groups in total. The van der Waals surface area contributed by atoms with E-state index >= 15 is 0 Å². The predicted molar refractivity (Wildman–Crippen MR) is 76.7 cm³/mol. The molecular weight excluding hydrogens is 256 g/mol. The van der Waals surface area contributed by atoms with E-state index in [1.807, 2.05) is 27.7 Å². The highest BCUT2D eigenvalue weighted by atomic mass is 32.2. The fourth-order valence-electron chi connectivity index (χ4n) is 1.28. The molecular formula is C11H22N2O2S2. The Bertz CT molecular complexity index is 218. The number of hydrogen-bond acceptors (Lipinski definition) is 4. The molecule has 0 fully saturated rings. The third-order valence-electron chi connectivity index (χ3n) is 2.41. The van der Waals surface area contributed by atoms with Gasteiger partial charge >= 0.3 is 0 Å². The van der Waals surface area contributed by atoms with Gasteiger partial charge in [0.1, 0.15) is 0 Å². The van der Waals surface area contributed by atoms with E-state index in [4.69, 9.17) is 0 Å². The van der Waals surface area contributed by atoms with Gasteiger partial charge in [-0.1, -0.05) is 23.5 Å². The van der Waals surface area contributed by atoms with Crippen molar-refractivity contribution in [3.05, 3.63) is 0 Å². The fraction of sp³-hybridized carbons (Fsp3) is 0.818. The molecule has 0 atom stereocenters. The molecule has 2 amide bonds. The number of carbonyl (C=O) groups excluding carboxylic acids is 2. The van der Waals surface area contributed by atoms with Gasteiger partial charge in [0.05, 0.1) is 5.08 Å². The van der Waals surface area contributed by atoms with Crippen LogP contribution in [-0.2, 0) is 0 Å². The average Bonchev–Trinajstić information content (AvgIpc) is 2.32. The standard InChI is InChI=1S/C11H22N2O2S2/c1-5-12(6-2)10(14)16-9-17-11(15)13(7-3)8-4/h5-9H2,1-4H3. The van der Waals surface area contributed by atoms with E-state index in [0.717, 1.165) is 26.2 Å². The van der Waals surface area contributed by atoms with Crippen molar-refractivity contribution in [2.75, 3.05) is 31.3 Å². The quantitative estimate of drug-likeness (QED) is 0.699. The maximum Gasteiger partial charge on any atom is 0.282 e. The molecule has 4 nitrogen and oxygen atoms in total. The summed E-state index contributed by atoms with van der Waals surface area (Å²) < 4.78 is 0. The van der Waals surface area contributed by atoms with Crippen LogP contribution in [0.15, 0.2) is 0 Å². The molecule has 0 spiro atoms. The largest absolute Gasteiger partial charge is 0.334 e. The van der Waals surface area contributed by atoms with Crippen molar-refractivity contribution in [1.29, 1.82) is 0 Å². The molecule has 0 aliphatic heterocycles. The molecule has 0 aromatic heterocycles. The highest BCUT2D eigenvalue weighted by Gasteiger charge is 2.13. The lowest BCUT2D eigenvalue weighted by Crippen LogP contribution is -2.28. The minimum atomic E-state index is 0.0508. The Balaban J connectivity index is 3.90. The number of thioether (sulfide) groups is 2. The third-order valence-corrected chi connectivity index (χ3v) is 4.36. The first kappa shape index (κ1) is 16.6. The van der Waals surface area contributed by atoms with E-state index < -0.39 is 0 Å². The van der Waals surface area contributed by atoms with Crippen molar-refractivity contribution in [2.24, 2.45) is 0 Å². The third kappa shape index (κ3) is 6.21. The van der Waals surface area contributed by atoms with Gasteiger partial charge in [-0.2, -0.15) is 0 Å². The van der Waals surface area contributed by atoms with Crippen LogP contribution < -0.4 is 0 Å². The van der Waals surface area contributed by atoms with E-state index in [2.05, 4.69) is 0 Å². The fourth-order valence-corrected chi connectivity index (χ4v) is 3.20. The van der Waals surface area contributed by atoms with Crippen LogP contribution in [0, 0.1) is 0 Å². The van der Waals surface area contributed by atoms with Crippen LogP contribution in [0.4, 0.5) is 9.59 Å². The number of rotatable bonds is 6. The molecule has 6 heteroatoms. The van der Waals surface area contributed by atoms with Crippen LogP contribution in [0.1, 0.15) is 27.7 Å². The highest BCUT2D eigenvalue weighted by molar-refractivity contribution is 8.28. The monoisotopic (exact) mass is 278 g/mol. The summed E-state index contributed by atoms with van der Waals surface area (Å²) in [5.41, 5.74) is 0. The van der Waals surface area contributed by atoms with Gasteiger partial charge in [0, 0.05) is 26.2 Å². The Morgan fingerprint density at radius 1 is 0.765 bits per heavy atom. The summed E-state index contributed by atoms with van der Waals surface area (Å²) in [7, 11) is 0. The van der Waals surface area contributed by atoms with E-state index in [-0.39, 0.29) is 10.5 Å². The second kappa shape index (κ2) is 9.65. The van der Waals surface area contributed by atoms with Crippen LogP contribution in [-0.4, -0.2) is 51.5 Å². The van der Waals surface area contributed by atoms with E-state index in [9.17, 15) is 9.59 Å². The van der Waals surface area contributed by atoms with Gasteiger partial charge in [-0.25, -0.2) is 0 Å². The average molecular weight is 278 g/mol. The molecule has 0 unspecified atom stereocenters. The molecule has 0 bridgehead atoms. The van der Waals surface area contributed by atoms with Gasteiger partial charge in [0.2, 0.25) is 0 Å². The second-order valence-electron chi connectivity index (χ2n) is 3.28. The summed E-state index contributed by atoms with van der Waals surface area (Å²) in [6.07, 6.45) is 0. The number of amides is 2. The van der Waals surface area contributed by atoms with Crippen molar-refractivity contribution in [1.82, 2.24) is 9.80 Å². The summed E-state index contributed by atoms with van der Waals surface area (Å²) in [5, 5.41) is 0.592. The minimum absolute atomic E-state index is 0.0508. The zero-order chi connectivity index (χ0) is 13.3. The molecule has 0 aromatic rings. The Labute approximate surface area is 112 Å². The zero-order valence-corrected chi connectivity index (χ0v) is 12.7. The molecule has 0 aliphatic rings. The van der Waals surface area contributed by atoms with E-state index in [1.165, 1.54) is 23.5 Å². The first-order chi connectivity index (χ1) is 8.10. The summed E-state index contributed by atoms with van der Waals surface area (Å²) in [6.45, 7) is 10.7. The van der Waals surface area contributed by atoms with Crippen molar-refractivity contribution in [2.45, 2.75) is 27.7 Å². The Hall–Kier alpha value is -0.360. The molecule has 0 aromatic carbocycles. The van der Waals surface area contributed by atoms with Crippen LogP contribution >= 0.6 is 23.5 Å². The normalized spacial score (nSPS) is 10.1. The first-order valence-corrected chi connectivity index (χ1v) is 7.91. The van der Waals surface area contributed by atoms with Gasteiger partial charge in [-0.3, -0.25) is 9.59 Å². The SMILES string of the molecule is CCN(CC)C(=O)SCSC(=O)N(CC)CC. The lowest BCUT2D eigenvalue weighted by atomic mass is 10.6. The molecule has 100 valence electrons. The number of carbonyl (C=O) groups is 2. The van der Waals surface area contributed by atoms with Crippen molar-refractivity contribution in [3.8, 4) is 0 Å². The molecule has 0 aliphatic carbocycles. The van der Waals surface area contributed by atoms with Crippen molar-refractivity contribution < 1.29 is 9.59 Å². The highest BCUT2D eigenvalue weighted by Crippen LogP contribution is 2.18. The zero-order valence-electron chi connectivity index (χ0n) is 11.1. The van der Waals surface area contributed by atoms with Gasteiger partial charge in [-0.05, 0) is 27.7 Å². The van der Waals surface area contributed by atoms with Crippen molar-refractivity contribution in [3.63, 3.8) is 0 Å². The smallest absolute Gasteiger partial charge is 0.282 e. The number of hydrogen-bond donors (Lipinski definition) is 0. The molecule has 17 heavy (non-hydrogen) atoms. The van der Waals surface area contributed by atoms with Gasteiger partial charge in [-0.15, -0.1) is 0 Å². The molecule has 0 saturated heterocycles. The molecule has 0 saturated carbocycles. The summed E-state index contributed by atoms with van der Waals surface area (Å²) in [4.78, 5) is 26.8. The summed E-state index contributed by atoms with van der Waals surface area (Å²) >= 11 is 2.41.